The van der Waals surface area contributed by atoms with Gasteiger partial charge in [0.15, 0.2) is 0 Å². The maximum absolute atomic E-state index is 6.14. The SMILES string of the molecule is CCCNCc1cnc(OCCC(C)C)c(Cl)c1. The highest BCUT2D eigenvalue weighted by Crippen LogP contribution is 2.22. The lowest BCUT2D eigenvalue weighted by molar-refractivity contribution is 0.279. The highest BCUT2D eigenvalue weighted by molar-refractivity contribution is 6.31. The first-order valence-corrected chi connectivity index (χ1v) is 6.99. The number of hydrogen-bond acceptors (Lipinski definition) is 3. The van der Waals surface area contributed by atoms with Gasteiger partial charge in [0.05, 0.1) is 6.61 Å². The van der Waals surface area contributed by atoms with Crippen LogP contribution in [-0.2, 0) is 6.54 Å². The van der Waals surface area contributed by atoms with Gasteiger partial charge in [-0.2, -0.15) is 0 Å². The Morgan fingerprint density at radius 3 is 2.83 bits per heavy atom. The maximum Gasteiger partial charge on any atom is 0.232 e. The molecule has 0 radical (unpaired) electrons. The molecule has 0 saturated heterocycles. The largest absolute Gasteiger partial charge is 0.477 e. The third-order valence-corrected chi connectivity index (χ3v) is 2.82. The first-order valence-electron chi connectivity index (χ1n) is 6.61. The van der Waals surface area contributed by atoms with Gasteiger partial charge in [0.1, 0.15) is 5.02 Å². The molecule has 1 rings (SSSR count). The summed E-state index contributed by atoms with van der Waals surface area (Å²) in [6.07, 6.45) is 3.95. The smallest absolute Gasteiger partial charge is 0.232 e. The van der Waals surface area contributed by atoms with Crippen LogP contribution in [0, 0.1) is 5.92 Å². The van der Waals surface area contributed by atoms with Crippen molar-refractivity contribution in [1.29, 1.82) is 0 Å². The van der Waals surface area contributed by atoms with E-state index in [1.54, 1.807) is 0 Å². The van der Waals surface area contributed by atoms with E-state index in [0.717, 1.165) is 31.5 Å². The Morgan fingerprint density at radius 1 is 1.44 bits per heavy atom. The van der Waals surface area contributed by atoms with Crippen molar-refractivity contribution in [3.63, 3.8) is 0 Å². The summed E-state index contributed by atoms with van der Waals surface area (Å²) in [7, 11) is 0. The van der Waals surface area contributed by atoms with Crippen LogP contribution in [0.15, 0.2) is 12.3 Å². The first-order chi connectivity index (χ1) is 8.63. The lowest BCUT2D eigenvalue weighted by atomic mass is 10.1. The van der Waals surface area contributed by atoms with E-state index in [2.05, 4.69) is 31.1 Å². The number of aromatic nitrogens is 1. The number of halogens is 1. The molecule has 1 N–H and O–H groups in total. The zero-order chi connectivity index (χ0) is 13.4. The van der Waals surface area contributed by atoms with E-state index in [4.69, 9.17) is 16.3 Å². The summed E-state index contributed by atoms with van der Waals surface area (Å²) in [4.78, 5) is 4.26. The predicted molar refractivity (Wildman–Crippen MR) is 76.2 cm³/mol. The van der Waals surface area contributed by atoms with Crippen LogP contribution >= 0.6 is 11.6 Å². The number of nitrogens with one attached hydrogen (secondary N) is 1. The lowest BCUT2D eigenvalue weighted by Gasteiger charge is -2.10. The molecule has 0 spiro atoms. The van der Waals surface area contributed by atoms with Crippen LogP contribution in [0.5, 0.6) is 5.88 Å². The molecule has 0 bridgehead atoms. The Labute approximate surface area is 115 Å². The summed E-state index contributed by atoms with van der Waals surface area (Å²) in [6.45, 7) is 8.95. The average molecular weight is 271 g/mol. The maximum atomic E-state index is 6.14. The van der Waals surface area contributed by atoms with Crippen LogP contribution in [0.3, 0.4) is 0 Å². The van der Waals surface area contributed by atoms with E-state index >= 15 is 0 Å². The van der Waals surface area contributed by atoms with Crippen LogP contribution < -0.4 is 10.1 Å². The Bertz CT molecular complexity index is 356. The van der Waals surface area contributed by atoms with Crippen LogP contribution in [0.4, 0.5) is 0 Å². The normalized spacial score (nSPS) is 10.9. The fraction of sp³-hybridized carbons (Fsp3) is 0.643. The van der Waals surface area contributed by atoms with Gasteiger partial charge in [-0.3, -0.25) is 0 Å². The number of pyridine rings is 1. The molecule has 0 amide bonds. The summed E-state index contributed by atoms with van der Waals surface area (Å²) in [5.74, 6) is 1.16. The molecule has 102 valence electrons. The highest BCUT2D eigenvalue weighted by Gasteiger charge is 2.05. The fourth-order valence-corrected chi connectivity index (χ4v) is 1.71. The van der Waals surface area contributed by atoms with Gasteiger partial charge in [-0.1, -0.05) is 32.4 Å². The van der Waals surface area contributed by atoms with Gasteiger partial charge in [-0.15, -0.1) is 0 Å². The Morgan fingerprint density at radius 2 is 2.22 bits per heavy atom. The van der Waals surface area contributed by atoms with E-state index in [9.17, 15) is 0 Å². The minimum atomic E-state index is 0.538. The van der Waals surface area contributed by atoms with E-state index in [0.29, 0.717) is 23.4 Å². The molecular weight excluding hydrogens is 248 g/mol. The van der Waals surface area contributed by atoms with Crippen LogP contribution in [-0.4, -0.2) is 18.1 Å². The second-order valence-electron chi connectivity index (χ2n) is 4.84. The Hall–Kier alpha value is -0.800. The molecule has 0 atom stereocenters. The van der Waals surface area contributed by atoms with Crippen molar-refractivity contribution < 1.29 is 4.74 Å². The molecule has 1 aromatic heterocycles. The van der Waals surface area contributed by atoms with Gasteiger partial charge >= 0.3 is 0 Å². The highest BCUT2D eigenvalue weighted by atomic mass is 35.5. The number of ether oxygens (including phenoxy) is 1. The van der Waals surface area contributed by atoms with Crippen LogP contribution in [0.2, 0.25) is 5.02 Å². The van der Waals surface area contributed by atoms with Crippen molar-refractivity contribution in [2.24, 2.45) is 5.92 Å². The molecule has 18 heavy (non-hydrogen) atoms. The summed E-state index contributed by atoms with van der Waals surface area (Å²) in [5.41, 5.74) is 1.09. The van der Waals surface area contributed by atoms with E-state index in [1.807, 2.05) is 12.3 Å². The van der Waals surface area contributed by atoms with Gasteiger partial charge in [-0.25, -0.2) is 4.98 Å². The van der Waals surface area contributed by atoms with Gasteiger partial charge in [0.2, 0.25) is 5.88 Å². The number of hydrogen-bond donors (Lipinski definition) is 1. The quantitative estimate of drug-likeness (QED) is 0.732. The molecule has 1 heterocycles. The monoisotopic (exact) mass is 270 g/mol. The van der Waals surface area contributed by atoms with E-state index in [-0.39, 0.29) is 0 Å². The predicted octanol–water partition coefficient (Wildman–Crippen LogP) is 3.66. The van der Waals surface area contributed by atoms with Gasteiger partial charge < -0.3 is 10.1 Å². The second-order valence-corrected chi connectivity index (χ2v) is 5.25. The molecule has 1 aromatic rings. The third-order valence-electron chi connectivity index (χ3n) is 2.55. The van der Waals surface area contributed by atoms with Crippen molar-refractivity contribution in [1.82, 2.24) is 10.3 Å². The summed E-state index contributed by atoms with van der Waals surface area (Å²) >= 11 is 6.14. The molecule has 0 aromatic carbocycles. The Kier molecular flexibility index (Phi) is 7.06. The first kappa shape index (κ1) is 15.3. The van der Waals surface area contributed by atoms with E-state index in [1.165, 1.54) is 0 Å². The minimum absolute atomic E-state index is 0.538. The summed E-state index contributed by atoms with van der Waals surface area (Å²) in [5, 5.41) is 3.91. The third kappa shape index (κ3) is 5.69. The van der Waals surface area contributed by atoms with Gasteiger partial charge in [0, 0.05) is 12.7 Å². The minimum Gasteiger partial charge on any atom is -0.477 e. The molecule has 0 aliphatic carbocycles. The molecule has 0 fully saturated rings. The Balaban J connectivity index is 2.46. The standard InChI is InChI=1S/C14H23ClN2O/c1-4-6-16-9-12-8-13(15)14(17-10-12)18-7-5-11(2)3/h8,10-11,16H,4-7,9H2,1-3H3. The van der Waals surface area contributed by atoms with Crippen molar-refractivity contribution in [2.45, 2.75) is 40.2 Å². The lowest BCUT2D eigenvalue weighted by Crippen LogP contribution is -2.14. The van der Waals surface area contributed by atoms with Crippen molar-refractivity contribution in [3.8, 4) is 5.88 Å². The molecule has 4 heteroatoms. The zero-order valence-electron chi connectivity index (χ0n) is 11.5. The van der Waals surface area contributed by atoms with Crippen molar-refractivity contribution >= 4 is 11.6 Å². The number of nitrogens with zero attached hydrogens (tertiary/aromatic N) is 1. The van der Waals surface area contributed by atoms with Crippen molar-refractivity contribution in [2.75, 3.05) is 13.2 Å². The molecule has 0 aliphatic rings. The number of rotatable bonds is 8. The van der Waals surface area contributed by atoms with E-state index < -0.39 is 0 Å². The molecule has 0 saturated carbocycles. The summed E-state index contributed by atoms with van der Waals surface area (Å²) < 4.78 is 5.56. The second kappa shape index (κ2) is 8.33. The topological polar surface area (TPSA) is 34.2 Å². The molecule has 3 nitrogen and oxygen atoms in total. The van der Waals surface area contributed by atoms with Gasteiger partial charge in [-0.05, 0) is 36.9 Å². The molecule has 0 aliphatic heterocycles. The van der Waals surface area contributed by atoms with Gasteiger partial charge in [0.25, 0.3) is 0 Å². The van der Waals surface area contributed by atoms with Crippen LogP contribution in [0.25, 0.3) is 0 Å². The zero-order valence-corrected chi connectivity index (χ0v) is 12.3. The molecule has 0 unspecified atom stereocenters. The van der Waals surface area contributed by atoms with Crippen LogP contribution in [0.1, 0.15) is 39.2 Å². The molecular formula is C14H23ClN2O. The average Bonchev–Trinajstić information content (AvgIpc) is 2.32. The summed E-state index contributed by atoms with van der Waals surface area (Å²) in [6, 6.07) is 1.92. The van der Waals surface area contributed by atoms with Crippen molar-refractivity contribution in [3.05, 3.63) is 22.8 Å². The fourth-order valence-electron chi connectivity index (χ4n) is 1.47.